The Morgan fingerprint density at radius 1 is 1.14 bits per heavy atom. The summed E-state index contributed by atoms with van der Waals surface area (Å²) in [4.78, 5) is 0.212. The highest BCUT2D eigenvalue weighted by Crippen LogP contribution is 2.31. The maximum absolute atomic E-state index is 11.6. The van der Waals surface area contributed by atoms with Gasteiger partial charge in [-0.1, -0.05) is 18.2 Å². The average molecular weight is 304 g/mol. The first kappa shape index (κ1) is 14.1. The topological polar surface area (TPSA) is 63.6 Å². The van der Waals surface area contributed by atoms with E-state index in [9.17, 15) is 13.5 Å². The van der Waals surface area contributed by atoms with Crippen LogP contribution < -0.4 is 4.74 Å². The fraction of sp³-hybridized carbons (Fsp3) is 0.250. The number of hydrogen-bond acceptors (Lipinski definition) is 4. The summed E-state index contributed by atoms with van der Waals surface area (Å²) < 4.78 is 28.6. The van der Waals surface area contributed by atoms with Gasteiger partial charge in [0.2, 0.25) is 0 Å². The molecule has 4 nitrogen and oxygen atoms in total. The van der Waals surface area contributed by atoms with E-state index < -0.39 is 15.9 Å². The number of aliphatic hydroxyl groups excluding tert-OH is 1. The third-order valence-electron chi connectivity index (χ3n) is 3.63. The van der Waals surface area contributed by atoms with E-state index in [1.165, 1.54) is 12.1 Å². The highest BCUT2D eigenvalue weighted by molar-refractivity contribution is 7.90. The van der Waals surface area contributed by atoms with E-state index in [2.05, 4.69) is 0 Å². The van der Waals surface area contributed by atoms with Crippen LogP contribution in [0.1, 0.15) is 22.8 Å². The summed E-state index contributed by atoms with van der Waals surface area (Å²) >= 11 is 0. The fourth-order valence-electron chi connectivity index (χ4n) is 2.48. The molecule has 21 heavy (non-hydrogen) atoms. The Hall–Kier alpha value is -1.85. The van der Waals surface area contributed by atoms with E-state index in [-0.39, 0.29) is 4.90 Å². The molecular weight excluding hydrogens is 288 g/mol. The van der Waals surface area contributed by atoms with Crippen LogP contribution in [0.5, 0.6) is 5.75 Å². The van der Waals surface area contributed by atoms with Crippen molar-refractivity contribution in [2.45, 2.75) is 17.4 Å². The van der Waals surface area contributed by atoms with Crippen molar-refractivity contribution in [3.63, 3.8) is 0 Å². The number of ether oxygens (including phenoxy) is 1. The van der Waals surface area contributed by atoms with Gasteiger partial charge >= 0.3 is 0 Å². The minimum Gasteiger partial charge on any atom is -0.493 e. The number of aliphatic hydroxyl groups is 1. The first-order valence-corrected chi connectivity index (χ1v) is 8.58. The summed E-state index contributed by atoms with van der Waals surface area (Å²) in [6.45, 7) is 0.665. The smallest absolute Gasteiger partial charge is 0.175 e. The number of benzene rings is 2. The standard InChI is InChI=1S/C16H16O4S/c1-21(18,19)14-4-2-3-12(10-14)16(17)13-5-6-15-11(9-13)7-8-20-15/h2-6,9-10,16-17H,7-8H2,1H3. The van der Waals surface area contributed by atoms with E-state index in [1.54, 1.807) is 12.1 Å². The van der Waals surface area contributed by atoms with Gasteiger partial charge in [-0.3, -0.25) is 0 Å². The second-order valence-corrected chi connectivity index (χ2v) is 7.23. The molecule has 1 aliphatic rings. The van der Waals surface area contributed by atoms with E-state index in [1.807, 2.05) is 18.2 Å². The first-order chi connectivity index (χ1) is 9.95. The molecule has 0 aromatic heterocycles. The van der Waals surface area contributed by atoms with Gasteiger partial charge in [-0.2, -0.15) is 0 Å². The molecule has 0 saturated carbocycles. The molecule has 1 aliphatic heterocycles. The van der Waals surface area contributed by atoms with Gasteiger partial charge in [-0.15, -0.1) is 0 Å². The zero-order valence-electron chi connectivity index (χ0n) is 11.6. The Bertz CT molecular complexity index is 781. The van der Waals surface area contributed by atoms with Crippen LogP contribution in [0.2, 0.25) is 0 Å². The van der Waals surface area contributed by atoms with Crippen molar-refractivity contribution in [2.75, 3.05) is 12.9 Å². The van der Waals surface area contributed by atoms with Gasteiger partial charge < -0.3 is 9.84 Å². The van der Waals surface area contributed by atoms with Crippen LogP contribution in [0.3, 0.4) is 0 Å². The molecule has 0 bridgehead atoms. The molecule has 0 radical (unpaired) electrons. The largest absolute Gasteiger partial charge is 0.493 e. The van der Waals surface area contributed by atoms with E-state index >= 15 is 0 Å². The molecule has 1 heterocycles. The lowest BCUT2D eigenvalue weighted by Crippen LogP contribution is -2.03. The Labute approximate surface area is 123 Å². The number of rotatable bonds is 3. The maximum atomic E-state index is 11.6. The van der Waals surface area contributed by atoms with Crippen LogP contribution in [0.15, 0.2) is 47.4 Å². The SMILES string of the molecule is CS(=O)(=O)c1cccc(C(O)c2ccc3c(c2)CCO3)c1. The highest BCUT2D eigenvalue weighted by Gasteiger charge is 2.18. The Morgan fingerprint density at radius 2 is 1.90 bits per heavy atom. The van der Waals surface area contributed by atoms with E-state index in [0.29, 0.717) is 12.2 Å². The summed E-state index contributed by atoms with van der Waals surface area (Å²) in [5.41, 5.74) is 2.38. The lowest BCUT2D eigenvalue weighted by molar-refractivity contribution is 0.220. The minimum absolute atomic E-state index is 0.212. The molecule has 2 aromatic carbocycles. The van der Waals surface area contributed by atoms with Crippen LogP contribution in [0.25, 0.3) is 0 Å². The van der Waals surface area contributed by atoms with Gasteiger partial charge in [-0.25, -0.2) is 8.42 Å². The Morgan fingerprint density at radius 3 is 2.67 bits per heavy atom. The molecule has 1 N–H and O–H groups in total. The van der Waals surface area contributed by atoms with Crippen LogP contribution in [-0.4, -0.2) is 26.4 Å². The zero-order chi connectivity index (χ0) is 15.0. The number of sulfone groups is 1. The summed E-state index contributed by atoms with van der Waals surface area (Å²) in [6, 6.07) is 12.0. The summed E-state index contributed by atoms with van der Waals surface area (Å²) in [5, 5.41) is 10.5. The number of hydrogen-bond donors (Lipinski definition) is 1. The van der Waals surface area contributed by atoms with Crippen molar-refractivity contribution in [3.8, 4) is 5.75 Å². The Balaban J connectivity index is 1.97. The molecular formula is C16H16O4S. The molecule has 0 aliphatic carbocycles. The van der Waals surface area contributed by atoms with Gasteiger partial charge in [0.25, 0.3) is 0 Å². The van der Waals surface area contributed by atoms with Crippen LogP contribution in [0.4, 0.5) is 0 Å². The summed E-state index contributed by atoms with van der Waals surface area (Å²) in [7, 11) is -3.28. The quantitative estimate of drug-likeness (QED) is 0.943. The molecule has 2 aromatic rings. The third kappa shape index (κ3) is 2.80. The van der Waals surface area contributed by atoms with Crippen LogP contribution in [0, 0.1) is 0 Å². The van der Waals surface area contributed by atoms with E-state index in [0.717, 1.165) is 29.6 Å². The molecule has 0 spiro atoms. The van der Waals surface area contributed by atoms with Gasteiger partial charge in [0.05, 0.1) is 11.5 Å². The highest BCUT2D eigenvalue weighted by atomic mass is 32.2. The summed E-state index contributed by atoms with van der Waals surface area (Å²) in [5.74, 6) is 0.857. The van der Waals surface area contributed by atoms with Crippen molar-refractivity contribution in [3.05, 3.63) is 59.2 Å². The second kappa shape index (κ2) is 5.16. The average Bonchev–Trinajstić information content (AvgIpc) is 2.93. The maximum Gasteiger partial charge on any atom is 0.175 e. The molecule has 0 saturated heterocycles. The summed E-state index contributed by atoms with van der Waals surface area (Å²) in [6.07, 6.45) is 1.14. The normalized spacial score (nSPS) is 15.3. The molecule has 1 unspecified atom stereocenters. The molecule has 1 atom stereocenters. The predicted octanol–water partition coefficient (Wildman–Crippen LogP) is 2.11. The molecule has 0 amide bonds. The van der Waals surface area contributed by atoms with Crippen LogP contribution in [-0.2, 0) is 16.3 Å². The van der Waals surface area contributed by atoms with Crippen molar-refractivity contribution < 1.29 is 18.3 Å². The van der Waals surface area contributed by atoms with Gasteiger partial charge in [0, 0.05) is 12.7 Å². The van der Waals surface area contributed by atoms with Gasteiger partial charge in [-0.05, 0) is 41.0 Å². The monoisotopic (exact) mass is 304 g/mol. The minimum atomic E-state index is -3.28. The zero-order valence-corrected chi connectivity index (χ0v) is 12.4. The number of fused-ring (bicyclic) bond motifs is 1. The van der Waals surface area contributed by atoms with Gasteiger partial charge in [0.1, 0.15) is 11.9 Å². The lowest BCUT2D eigenvalue weighted by atomic mass is 9.99. The van der Waals surface area contributed by atoms with Crippen LogP contribution >= 0.6 is 0 Å². The predicted molar refractivity (Wildman–Crippen MR) is 79.3 cm³/mol. The molecule has 110 valence electrons. The van der Waals surface area contributed by atoms with Crippen molar-refractivity contribution in [2.24, 2.45) is 0 Å². The lowest BCUT2D eigenvalue weighted by Gasteiger charge is -2.13. The fourth-order valence-corrected chi connectivity index (χ4v) is 3.16. The van der Waals surface area contributed by atoms with E-state index in [4.69, 9.17) is 4.74 Å². The molecule has 5 heteroatoms. The van der Waals surface area contributed by atoms with Crippen molar-refractivity contribution in [1.82, 2.24) is 0 Å². The first-order valence-electron chi connectivity index (χ1n) is 6.69. The molecule has 3 rings (SSSR count). The Kier molecular flexibility index (Phi) is 3.47. The molecule has 0 fully saturated rings. The second-order valence-electron chi connectivity index (χ2n) is 5.21. The third-order valence-corrected chi connectivity index (χ3v) is 4.74. The van der Waals surface area contributed by atoms with Crippen molar-refractivity contribution in [1.29, 1.82) is 0 Å². The van der Waals surface area contributed by atoms with Gasteiger partial charge in [0.15, 0.2) is 9.84 Å². The van der Waals surface area contributed by atoms with Crippen molar-refractivity contribution >= 4 is 9.84 Å².